The first-order valence-electron chi connectivity index (χ1n) is 8.80. The molecule has 11 heteroatoms. The predicted octanol–water partition coefficient (Wildman–Crippen LogP) is 5.54. The Morgan fingerprint density at radius 1 is 1.13 bits per heavy atom. The van der Waals surface area contributed by atoms with Crippen LogP contribution in [0, 0.1) is 0 Å². The summed E-state index contributed by atoms with van der Waals surface area (Å²) in [5, 5.41) is 7.39. The number of fused-ring (bicyclic) bond motifs is 1. The molecule has 0 atom stereocenters. The van der Waals surface area contributed by atoms with Crippen LogP contribution in [0.5, 0.6) is 5.75 Å². The lowest BCUT2D eigenvalue weighted by Gasteiger charge is -2.16. The van der Waals surface area contributed by atoms with Gasteiger partial charge in [0.1, 0.15) is 28.4 Å². The molecule has 1 aliphatic rings. The first kappa shape index (κ1) is 22.1. The summed E-state index contributed by atoms with van der Waals surface area (Å²) in [5.74, 6) is 0.449. The zero-order valence-electron chi connectivity index (χ0n) is 16.3. The summed E-state index contributed by atoms with van der Waals surface area (Å²) in [5.41, 5.74) is 1.38. The molecule has 4 rings (SSSR count). The third-order valence-electron chi connectivity index (χ3n) is 4.42. The van der Waals surface area contributed by atoms with E-state index in [1.165, 1.54) is 24.6 Å². The number of nitrogens with zero attached hydrogens (tertiary/aromatic N) is 3. The summed E-state index contributed by atoms with van der Waals surface area (Å²) < 4.78 is 46.0. The van der Waals surface area contributed by atoms with E-state index in [1.807, 2.05) is 19.9 Å². The quantitative estimate of drug-likeness (QED) is 0.536. The van der Waals surface area contributed by atoms with Gasteiger partial charge >= 0.3 is 6.18 Å². The molecule has 0 spiro atoms. The average molecular weight is 458 g/mol. The second-order valence-corrected chi connectivity index (χ2v) is 8.10. The predicted molar refractivity (Wildman–Crippen MR) is 113 cm³/mol. The monoisotopic (exact) mass is 457 g/mol. The minimum Gasteiger partial charge on any atom is -0.486 e. The van der Waals surface area contributed by atoms with Crippen LogP contribution in [0.25, 0.3) is 11.4 Å². The van der Waals surface area contributed by atoms with Crippen molar-refractivity contribution in [2.45, 2.75) is 32.0 Å². The van der Waals surface area contributed by atoms with Crippen molar-refractivity contribution in [3.63, 3.8) is 0 Å². The Hall–Kier alpha value is -2.59. The highest BCUT2D eigenvalue weighted by molar-refractivity contribution is 7.14. The van der Waals surface area contributed by atoms with Gasteiger partial charge < -0.3 is 15.4 Å². The fourth-order valence-electron chi connectivity index (χ4n) is 3.11. The Bertz CT molecular complexity index is 1070. The van der Waals surface area contributed by atoms with Gasteiger partial charge in [0.25, 0.3) is 0 Å². The highest BCUT2D eigenvalue weighted by atomic mass is 35.5. The van der Waals surface area contributed by atoms with Crippen molar-refractivity contribution < 1.29 is 17.9 Å². The van der Waals surface area contributed by atoms with Crippen LogP contribution in [0.15, 0.2) is 29.9 Å². The van der Waals surface area contributed by atoms with Gasteiger partial charge in [-0.2, -0.15) is 13.2 Å². The van der Waals surface area contributed by atoms with Gasteiger partial charge in [0, 0.05) is 24.4 Å². The number of thiazole rings is 1. The standard InChI is InChI=1S/C19H18F3N5OS.ClH/c1-18(2)6-10-4-13(24-8-15(10)28-18)14-9-29-17(26-14)27-16-12(19(20,21)22)5-11(23-3)7-25-16;/h4-5,7-9,23H,6H2,1-3H3,(H,25,26,27);1H. The van der Waals surface area contributed by atoms with Crippen molar-refractivity contribution in [2.24, 2.45) is 0 Å². The van der Waals surface area contributed by atoms with E-state index < -0.39 is 11.7 Å². The molecular formula is C19H19ClF3N5OS. The number of alkyl halides is 3. The lowest BCUT2D eigenvalue weighted by Crippen LogP contribution is -2.24. The number of anilines is 3. The molecule has 4 heterocycles. The molecule has 0 aliphatic carbocycles. The molecule has 0 saturated heterocycles. The molecule has 0 fully saturated rings. The maximum absolute atomic E-state index is 13.4. The molecule has 160 valence electrons. The Kier molecular flexibility index (Phi) is 5.83. The zero-order valence-corrected chi connectivity index (χ0v) is 17.9. The van der Waals surface area contributed by atoms with Crippen molar-refractivity contribution >= 4 is 40.4 Å². The van der Waals surface area contributed by atoms with E-state index in [2.05, 4.69) is 25.6 Å². The molecule has 3 aromatic heterocycles. The van der Waals surface area contributed by atoms with Gasteiger partial charge in [-0.15, -0.1) is 23.7 Å². The smallest absolute Gasteiger partial charge is 0.420 e. The van der Waals surface area contributed by atoms with Crippen molar-refractivity contribution in [1.82, 2.24) is 15.0 Å². The van der Waals surface area contributed by atoms with Crippen LogP contribution in [0.4, 0.5) is 29.8 Å². The molecule has 0 unspecified atom stereocenters. The van der Waals surface area contributed by atoms with Gasteiger partial charge in [-0.05, 0) is 26.0 Å². The Morgan fingerprint density at radius 2 is 1.90 bits per heavy atom. The molecule has 0 aromatic carbocycles. The van der Waals surface area contributed by atoms with E-state index in [1.54, 1.807) is 11.6 Å². The number of ether oxygens (including phenoxy) is 1. The van der Waals surface area contributed by atoms with Crippen LogP contribution in [-0.2, 0) is 12.6 Å². The summed E-state index contributed by atoms with van der Waals surface area (Å²) >= 11 is 1.19. The minimum absolute atomic E-state index is 0. The highest BCUT2D eigenvalue weighted by Crippen LogP contribution is 2.38. The summed E-state index contributed by atoms with van der Waals surface area (Å²) in [4.78, 5) is 12.7. The van der Waals surface area contributed by atoms with Gasteiger partial charge in [0.05, 0.1) is 23.8 Å². The van der Waals surface area contributed by atoms with E-state index in [4.69, 9.17) is 4.74 Å². The Labute approximate surface area is 181 Å². The average Bonchev–Trinajstić information content (AvgIpc) is 3.22. The second-order valence-electron chi connectivity index (χ2n) is 7.25. The van der Waals surface area contributed by atoms with Crippen LogP contribution in [0.1, 0.15) is 25.0 Å². The number of pyridine rings is 2. The summed E-state index contributed by atoms with van der Waals surface area (Å²) in [7, 11) is 1.53. The highest BCUT2D eigenvalue weighted by Gasteiger charge is 2.35. The fourth-order valence-corrected chi connectivity index (χ4v) is 3.82. The lowest BCUT2D eigenvalue weighted by molar-refractivity contribution is -0.137. The number of halogens is 4. The second kappa shape index (κ2) is 7.92. The van der Waals surface area contributed by atoms with Gasteiger partial charge in [-0.25, -0.2) is 9.97 Å². The normalized spacial score (nSPS) is 14.5. The van der Waals surface area contributed by atoms with Gasteiger partial charge in [0.2, 0.25) is 0 Å². The van der Waals surface area contributed by atoms with E-state index >= 15 is 0 Å². The molecule has 6 nitrogen and oxygen atoms in total. The van der Waals surface area contributed by atoms with E-state index in [0.717, 1.165) is 23.8 Å². The molecule has 0 radical (unpaired) electrons. The van der Waals surface area contributed by atoms with Crippen molar-refractivity contribution in [1.29, 1.82) is 0 Å². The van der Waals surface area contributed by atoms with Crippen LogP contribution in [0.3, 0.4) is 0 Å². The van der Waals surface area contributed by atoms with Crippen molar-refractivity contribution in [3.8, 4) is 17.1 Å². The lowest BCUT2D eigenvalue weighted by atomic mass is 10.0. The first-order valence-corrected chi connectivity index (χ1v) is 9.68. The molecule has 2 N–H and O–H groups in total. The number of hydrogen-bond acceptors (Lipinski definition) is 7. The number of nitrogens with one attached hydrogen (secondary N) is 2. The summed E-state index contributed by atoms with van der Waals surface area (Å²) in [6.07, 6.45) is -0.804. The Balaban J connectivity index is 0.00000256. The molecule has 0 bridgehead atoms. The maximum Gasteiger partial charge on any atom is 0.420 e. The zero-order chi connectivity index (χ0) is 20.8. The van der Waals surface area contributed by atoms with Crippen LogP contribution < -0.4 is 15.4 Å². The number of aromatic nitrogens is 3. The number of rotatable bonds is 4. The third-order valence-corrected chi connectivity index (χ3v) is 5.18. The van der Waals surface area contributed by atoms with Crippen molar-refractivity contribution in [3.05, 3.63) is 41.0 Å². The van der Waals surface area contributed by atoms with E-state index in [-0.39, 0.29) is 29.5 Å². The van der Waals surface area contributed by atoms with Crippen molar-refractivity contribution in [2.75, 3.05) is 17.7 Å². The fraction of sp³-hybridized carbons (Fsp3) is 0.316. The molecular weight excluding hydrogens is 439 g/mol. The number of hydrogen-bond donors (Lipinski definition) is 2. The third kappa shape index (κ3) is 4.44. The van der Waals surface area contributed by atoms with E-state index in [9.17, 15) is 13.2 Å². The van der Waals surface area contributed by atoms with Gasteiger partial charge in [-0.1, -0.05) is 0 Å². The minimum atomic E-state index is -4.55. The molecule has 3 aromatic rings. The van der Waals surface area contributed by atoms with Crippen LogP contribution in [0.2, 0.25) is 0 Å². The maximum atomic E-state index is 13.4. The molecule has 30 heavy (non-hydrogen) atoms. The molecule has 0 amide bonds. The first-order chi connectivity index (χ1) is 13.6. The summed E-state index contributed by atoms with van der Waals surface area (Å²) in [6, 6.07) is 2.91. The van der Waals surface area contributed by atoms with Gasteiger partial charge in [-0.3, -0.25) is 4.98 Å². The largest absolute Gasteiger partial charge is 0.486 e. The summed E-state index contributed by atoms with van der Waals surface area (Å²) in [6.45, 7) is 4.00. The topological polar surface area (TPSA) is 72.0 Å². The SMILES string of the molecule is CNc1cnc(Nc2nc(-c3cc4c(cn3)OC(C)(C)C4)cs2)c(C(F)(F)F)c1.Cl. The van der Waals surface area contributed by atoms with Crippen LogP contribution >= 0.6 is 23.7 Å². The molecule has 1 aliphatic heterocycles. The van der Waals surface area contributed by atoms with E-state index in [0.29, 0.717) is 16.5 Å². The Morgan fingerprint density at radius 3 is 2.60 bits per heavy atom. The van der Waals surface area contributed by atoms with Crippen LogP contribution in [-0.4, -0.2) is 27.6 Å². The van der Waals surface area contributed by atoms with Gasteiger partial charge in [0.15, 0.2) is 5.13 Å². The molecule has 0 saturated carbocycles.